The lowest BCUT2D eigenvalue weighted by atomic mass is 10.1. The number of ether oxygens (including phenoxy) is 1. The van der Waals surface area contributed by atoms with Gasteiger partial charge in [0, 0.05) is 21.4 Å². The first kappa shape index (κ1) is 13.6. The van der Waals surface area contributed by atoms with E-state index < -0.39 is 0 Å². The number of imidazole rings is 1. The van der Waals surface area contributed by atoms with E-state index in [1.807, 2.05) is 24.3 Å². The quantitative estimate of drug-likeness (QED) is 0.698. The van der Waals surface area contributed by atoms with E-state index in [2.05, 4.69) is 54.0 Å². The smallest absolute Gasteiger partial charge is 0.122 e. The van der Waals surface area contributed by atoms with E-state index in [4.69, 9.17) is 4.74 Å². The predicted octanol–water partition coefficient (Wildman–Crippen LogP) is 4.69. The second-order valence-electron chi connectivity index (χ2n) is 4.49. The summed E-state index contributed by atoms with van der Waals surface area (Å²) < 4.78 is 7.28. The Kier molecular flexibility index (Phi) is 3.81. The molecule has 20 heavy (non-hydrogen) atoms. The Morgan fingerprint density at radius 3 is 2.60 bits per heavy atom. The van der Waals surface area contributed by atoms with E-state index in [1.165, 1.54) is 5.56 Å². The first-order valence-electron chi connectivity index (χ1n) is 6.12. The lowest BCUT2D eigenvalue weighted by Crippen LogP contribution is -1.89. The van der Waals surface area contributed by atoms with E-state index in [0.717, 1.165) is 38.0 Å². The second kappa shape index (κ2) is 5.58. The number of fused-ring (bicyclic) bond motifs is 1. The number of nitrogens with zero attached hydrogens (tertiary/aromatic N) is 1. The number of halogens is 2. The van der Waals surface area contributed by atoms with Gasteiger partial charge >= 0.3 is 0 Å². The highest BCUT2D eigenvalue weighted by Crippen LogP contribution is 2.28. The second-order valence-corrected chi connectivity index (χ2v) is 6.26. The number of aromatic nitrogens is 2. The number of methoxy groups -OCH3 is 1. The van der Waals surface area contributed by atoms with Crippen LogP contribution in [-0.2, 0) is 6.42 Å². The number of aromatic amines is 1. The van der Waals surface area contributed by atoms with Gasteiger partial charge in [-0.05, 0) is 39.7 Å². The average molecular weight is 396 g/mol. The van der Waals surface area contributed by atoms with E-state index in [9.17, 15) is 0 Å². The summed E-state index contributed by atoms with van der Waals surface area (Å²) in [5, 5.41) is 0. The molecule has 0 spiro atoms. The maximum atomic E-state index is 5.26. The Morgan fingerprint density at radius 2 is 1.90 bits per heavy atom. The first-order valence-corrected chi connectivity index (χ1v) is 7.71. The van der Waals surface area contributed by atoms with Crippen molar-refractivity contribution in [2.45, 2.75) is 6.42 Å². The van der Waals surface area contributed by atoms with Crippen LogP contribution < -0.4 is 4.74 Å². The monoisotopic (exact) mass is 394 g/mol. The number of benzene rings is 2. The molecule has 1 aromatic heterocycles. The number of hydrogen-bond acceptors (Lipinski definition) is 2. The van der Waals surface area contributed by atoms with Crippen molar-refractivity contribution in [3.05, 3.63) is 56.7 Å². The van der Waals surface area contributed by atoms with Crippen molar-refractivity contribution >= 4 is 42.9 Å². The fraction of sp³-hybridized carbons (Fsp3) is 0.133. The molecule has 2 aromatic carbocycles. The SMILES string of the molecule is COc1cc(Br)c2nc(Cc3ccc(Br)cc3)[nH]c2c1. The van der Waals surface area contributed by atoms with Gasteiger partial charge in [0.2, 0.25) is 0 Å². The Morgan fingerprint density at radius 1 is 1.15 bits per heavy atom. The molecule has 0 aliphatic carbocycles. The van der Waals surface area contributed by atoms with Gasteiger partial charge in [-0.25, -0.2) is 4.98 Å². The van der Waals surface area contributed by atoms with Gasteiger partial charge in [0.1, 0.15) is 17.1 Å². The fourth-order valence-electron chi connectivity index (χ4n) is 2.10. The molecule has 3 nitrogen and oxygen atoms in total. The molecule has 3 aromatic rings. The average Bonchev–Trinajstić information content (AvgIpc) is 2.84. The van der Waals surface area contributed by atoms with Crippen LogP contribution in [0.25, 0.3) is 11.0 Å². The highest BCUT2D eigenvalue weighted by atomic mass is 79.9. The summed E-state index contributed by atoms with van der Waals surface area (Å²) >= 11 is 6.97. The summed E-state index contributed by atoms with van der Waals surface area (Å²) in [5.41, 5.74) is 3.12. The molecule has 0 fully saturated rings. The lowest BCUT2D eigenvalue weighted by molar-refractivity contribution is 0.415. The maximum Gasteiger partial charge on any atom is 0.122 e. The Labute approximate surface area is 133 Å². The molecule has 3 rings (SSSR count). The van der Waals surface area contributed by atoms with Gasteiger partial charge in [-0.3, -0.25) is 0 Å². The molecule has 1 N–H and O–H groups in total. The van der Waals surface area contributed by atoms with Crippen LogP contribution in [0.2, 0.25) is 0 Å². The van der Waals surface area contributed by atoms with Crippen LogP contribution in [-0.4, -0.2) is 17.1 Å². The molecular weight excluding hydrogens is 384 g/mol. The summed E-state index contributed by atoms with van der Waals surface area (Å²) in [5.74, 6) is 1.75. The fourth-order valence-corrected chi connectivity index (χ4v) is 2.89. The van der Waals surface area contributed by atoms with Crippen LogP contribution in [0, 0.1) is 0 Å². The number of hydrogen-bond donors (Lipinski definition) is 1. The van der Waals surface area contributed by atoms with Crippen LogP contribution in [0.4, 0.5) is 0 Å². The van der Waals surface area contributed by atoms with Gasteiger partial charge in [0.15, 0.2) is 0 Å². The van der Waals surface area contributed by atoms with Crippen molar-refractivity contribution in [2.24, 2.45) is 0 Å². The topological polar surface area (TPSA) is 37.9 Å². The molecule has 0 saturated heterocycles. The summed E-state index contributed by atoms with van der Waals surface area (Å²) in [6.07, 6.45) is 0.775. The van der Waals surface area contributed by atoms with Crippen LogP contribution in [0.15, 0.2) is 45.3 Å². The van der Waals surface area contributed by atoms with E-state index >= 15 is 0 Å². The third-order valence-corrected chi connectivity index (χ3v) is 4.22. The van der Waals surface area contributed by atoms with Gasteiger partial charge in [0.05, 0.1) is 12.6 Å². The molecule has 0 saturated carbocycles. The van der Waals surface area contributed by atoms with E-state index in [0.29, 0.717) is 0 Å². The standard InChI is InChI=1S/C15H12Br2N2O/c1-20-11-7-12(17)15-13(8-11)18-14(19-15)6-9-2-4-10(16)5-3-9/h2-5,7-8H,6H2,1H3,(H,18,19). The minimum Gasteiger partial charge on any atom is -0.497 e. The molecule has 0 radical (unpaired) electrons. The van der Waals surface area contributed by atoms with E-state index in [-0.39, 0.29) is 0 Å². The van der Waals surface area contributed by atoms with Crippen molar-refractivity contribution in [1.82, 2.24) is 9.97 Å². The molecule has 5 heteroatoms. The highest BCUT2D eigenvalue weighted by molar-refractivity contribution is 9.11. The number of rotatable bonds is 3. The zero-order valence-electron chi connectivity index (χ0n) is 10.8. The first-order chi connectivity index (χ1) is 9.65. The van der Waals surface area contributed by atoms with Crippen molar-refractivity contribution in [3.63, 3.8) is 0 Å². The zero-order chi connectivity index (χ0) is 14.1. The Balaban J connectivity index is 1.96. The van der Waals surface area contributed by atoms with Crippen molar-refractivity contribution in [2.75, 3.05) is 7.11 Å². The van der Waals surface area contributed by atoms with Gasteiger partial charge in [0.25, 0.3) is 0 Å². The minimum atomic E-state index is 0.775. The summed E-state index contributed by atoms with van der Waals surface area (Å²) in [6.45, 7) is 0. The van der Waals surface area contributed by atoms with Crippen LogP contribution in [0.5, 0.6) is 5.75 Å². The van der Waals surface area contributed by atoms with Crippen LogP contribution in [0.1, 0.15) is 11.4 Å². The number of nitrogens with one attached hydrogen (secondary N) is 1. The molecule has 0 aliphatic heterocycles. The molecular formula is C15H12Br2N2O. The molecule has 0 atom stereocenters. The molecule has 0 unspecified atom stereocenters. The number of H-pyrrole nitrogens is 1. The summed E-state index contributed by atoms with van der Waals surface area (Å²) in [6, 6.07) is 12.1. The normalized spacial score (nSPS) is 10.9. The van der Waals surface area contributed by atoms with Crippen molar-refractivity contribution in [1.29, 1.82) is 0 Å². The van der Waals surface area contributed by atoms with Gasteiger partial charge < -0.3 is 9.72 Å². The molecule has 0 amide bonds. The van der Waals surface area contributed by atoms with Crippen molar-refractivity contribution in [3.8, 4) is 5.75 Å². The lowest BCUT2D eigenvalue weighted by Gasteiger charge is -1.99. The maximum absolute atomic E-state index is 5.26. The third-order valence-electron chi connectivity index (χ3n) is 3.08. The summed E-state index contributed by atoms with van der Waals surface area (Å²) in [4.78, 5) is 7.98. The van der Waals surface area contributed by atoms with Gasteiger partial charge in [-0.15, -0.1) is 0 Å². The molecule has 0 bridgehead atoms. The largest absolute Gasteiger partial charge is 0.497 e. The highest BCUT2D eigenvalue weighted by Gasteiger charge is 2.09. The van der Waals surface area contributed by atoms with E-state index in [1.54, 1.807) is 7.11 Å². The predicted molar refractivity (Wildman–Crippen MR) is 87.3 cm³/mol. The zero-order valence-corrected chi connectivity index (χ0v) is 14.0. The molecule has 102 valence electrons. The molecule has 0 aliphatic rings. The van der Waals surface area contributed by atoms with Crippen LogP contribution >= 0.6 is 31.9 Å². The van der Waals surface area contributed by atoms with Gasteiger partial charge in [-0.1, -0.05) is 28.1 Å². The van der Waals surface area contributed by atoms with Gasteiger partial charge in [-0.2, -0.15) is 0 Å². The Hall–Kier alpha value is -1.33. The Bertz CT molecular complexity index is 750. The van der Waals surface area contributed by atoms with Crippen molar-refractivity contribution < 1.29 is 4.74 Å². The summed E-state index contributed by atoms with van der Waals surface area (Å²) in [7, 11) is 1.66. The molecule has 1 heterocycles. The third kappa shape index (κ3) is 2.74. The minimum absolute atomic E-state index is 0.775. The van der Waals surface area contributed by atoms with Crippen LogP contribution in [0.3, 0.4) is 0 Å².